The molecule has 0 radical (unpaired) electrons. The lowest BCUT2D eigenvalue weighted by atomic mass is 9.87. The van der Waals surface area contributed by atoms with Gasteiger partial charge in [-0.3, -0.25) is 14.9 Å². The highest BCUT2D eigenvalue weighted by molar-refractivity contribution is 6.31. The monoisotopic (exact) mass is 335 g/mol. The fourth-order valence-corrected chi connectivity index (χ4v) is 3.66. The number of carbonyl (C=O) groups excluding carboxylic acids is 3. The lowest BCUT2D eigenvalue weighted by Gasteiger charge is -2.28. The van der Waals surface area contributed by atoms with Crippen molar-refractivity contribution in [1.29, 1.82) is 0 Å². The average molecular weight is 336 g/mol. The van der Waals surface area contributed by atoms with Crippen LogP contribution >= 0.6 is 11.6 Å². The Bertz CT molecular complexity index is 691. The van der Waals surface area contributed by atoms with Crippen LogP contribution in [0.25, 0.3) is 0 Å². The molecular weight excluding hydrogens is 318 g/mol. The zero-order valence-corrected chi connectivity index (χ0v) is 13.5. The minimum Gasteiger partial charge on any atom is -0.352 e. The van der Waals surface area contributed by atoms with Crippen LogP contribution in [0.5, 0.6) is 0 Å². The van der Waals surface area contributed by atoms with E-state index in [2.05, 4.69) is 16.0 Å². The number of urea groups is 1. The molecule has 3 rings (SSSR count). The first-order valence-corrected chi connectivity index (χ1v) is 7.99. The third-order valence-electron chi connectivity index (χ3n) is 4.81. The van der Waals surface area contributed by atoms with Crippen LogP contribution in [0.2, 0.25) is 5.02 Å². The van der Waals surface area contributed by atoms with E-state index >= 15 is 0 Å². The van der Waals surface area contributed by atoms with E-state index in [9.17, 15) is 14.4 Å². The van der Waals surface area contributed by atoms with E-state index in [4.69, 9.17) is 11.6 Å². The molecular formula is C16H18ClN3O3. The smallest absolute Gasteiger partial charge is 0.322 e. The summed E-state index contributed by atoms with van der Waals surface area (Å²) in [5.74, 6) is -0.632. The quantitative estimate of drug-likeness (QED) is 0.735. The summed E-state index contributed by atoms with van der Waals surface area (Å²) in [6.07, 6.45) is 2.22. The Hall–Kier alpha value is -2.08. The van der Waals surface area contributed by atoms with Crippen molar-refractivity contribution in [2.45, 2.75) is 31.7 Å². The summed E-state index contributed by atoms with van der Waals surface area (Å²) in [7, 11) is 0. The second kappa shape index (κ2) is 5.85. The standard InChI is InChI=1S/C16H18ClN3O3/c1-9-11(5-2-6-12(9)17)13(21)18-8-10-4-3-7-16(10)14(22)19-15(23)20-16/h2,5-6,10H,3-4,7-8H2,1H3,(H,18,21)(H2,19,20,22,23)/t10-,16+/m0/s1. The Morgan fingerprint density at radius 1 is 1.43 bits per heavy atom. The molecule has 0 aromatic heterocycles. The molecule has 2 aliphatic rings. The van der Waals surface area contributed by atoms with Gasteiger partial charge < -0.3 is 10.6 Å². The number of amides is 4. The summed E-state index contributed by atoms with van der Waals surface area (Å²) < 4.78 is 0. The van der Waals surface area contributed by atoms with E-state index in [1.165, 1.54) is 0 Å². The van der Waals surface area contributed by atoms with E-state index in [1.54, 1.807) is 25.1 Å². The molecule has 1 saturated carbocycles. The van der Waals surface area contributed by atoms with Gasteiger partial charge in [-0.15, -0.1) is 0 Å². The fourth-order valence-electron chi connectivity index (χ4n) is 3.49. The minimum absolute atomic E-state index is 0.114. The molecule has 1 aromatic carbocycles. The van der Waals surface area contributed by atoms with Crippen LogP contribution in [-0.4, -0.2) is 29.9 Å². The first-order valence-electron chi connectivity index (χ1n) is 7.61. The number of rotatable bonds is 3. The first-order chi connectivity index (χ1) is 10.9. The summed E-state index contributed by atoms with van der Waals surface area (Å²) >= 11 is 6.04. The second-order valence-corrected chi connectivity index (χ2v) is 6.50. The largest absolute Gasteiger partial charge is 0.352 e. The Balaban J connectivity index is 1.70. The predicted octanol–water partition coefficient (Wildman–Crippen LogP) is 1.76. The van der Waals surface area contributed by atoms with Gasteiger partial charge in [-0.25, -0.2) is 4.79 Å². The lowest BCUT2D eigenvalue weighted by Crippen LogP contribution is -2.53. The van der Waals surface area contributed by atoms with Gasteiger partial charge in [-0.2, -0.15) is 0 Å². The lowest BCUT2D eigenvalue weighted by molar-refractivity contribution is -0.125. The van der Waals surface area contributed by atoms with Crippen molar-refractivity contribution >= 4 is 29.4 Å². The van der Waals surface area contributed by atoms with Crippen molar-refractivity contribution in [3.63, 3.8) is 0 Å². The van der Waals surface area contributed by atoms with Crippen molar-refractivity contribution in [3.8, 4) is 0 Å². The maximum absolute atomic E-state index is 12.4. The number of benzene rings is 1. The molecule has 1 aliphatic heterocycles. The summed E-state index contributed by atoms with van der Waals surface area (Å²) in [5, 5.41) is 8.44. The van der Waals surface area contributed by atoms with Crippen LogP contribution in [-0.2, 0) is 4.79 Å². The molecule has 1 aromatic rings. The molecule has 122 valence electrons. The van der Waals surface area contributed by atoms with E-state index in [-0.39, 0.29) is 17.7 Å². The molecule has 23 heavy (non-hydrogen) atoms. The normalized spacial score (nSPS) is 26.3. The van der Waals surface area contributed by atoms with E-state index in [1.807, 2.05) is 0 Å². The maximum Gasteiger partial charge on any atom is 0.322 e. The number of hydrogen-bond donors (Lipinski definition) is 3. The molecule has 0 bridgehead atoms. The summed E-state index contributed by atoms with van der Waals surface area (Å²) in [6, 6.07) is 4.72. The van der Waals surface area contributed by atoms with Crippen LogP contribution < -0.4 is 16.0 Å². The van der Waals surface area contributed by atoms with Gasteiger partial charge in [0, 0.05) is 23.0 Å². The van der Waals surface area contributed by atoms with E-state index in [0.717, 1.165) is 18.4 Å². The predicted molar refractivity (Wildman–Crippen MR) is 85.3 cm³/mol. The second-order valence-electron chi connectivity index (χ2n) is 6.09. The Labute approximate surface area is 139 Å². The van der Waals surface area contributed by atoms with Crippen molar-refractivity contribution in [2.24, 2.45) is 5.92 Å². The third-order valence-corrected chi connectivity index (χ3v) is 5.22. The van der Waals surface area contributed by atoms with Gasteiger partial charge in [0.1, 0.15) is 5.54 Å². The summed E-state index contributed by atoms with van der Waals surface area (Å²) in [4.78, 5) is 35.9. The van der Waals surface area contributed by atoms with Crippen molar-refractivity contribution in [2.75, 3.05) is 6.54 Å². The fraction of sp³-hybridized carbons (Fsp3) is 0.438. The number of nitrogens with one attached hydrogen (secondary N) is 3. The molecule has 2 fully saturated rings. The van der Waals surface area contributed by atoms with Gasteiger partial charge in [-0.05, 0) is 37.5 Å². The van der Waals surface area contributed by atoms with Gasteiger partial charge in [0.05, 0.1) is 0 Å². The van der Waals surface area contributed by atoms with Crippen LogP contribution in [0.4, 0.5) is 4.79 Å². The molecule has 1 saturated heterocycles. The van der Waals surface area contributed by atoms with Crippen LogP contribution in [0.1, 0.15) is 35.2 Å². The number of carbonyl (C=O) groups is 3. The van der Waals surface area contributed by atoms with Gasteiger partial charge in [0.25, 0.3) is 11.8 Å². The van der Waals surface area contributed by atoms with Crippen LogP contribution in [0.3, 0.4) is 0 Å². The number of imide groups is 1. The average Bonchev–Trinajstić information content (AvgIpc) is 3.03. The van der Waals surface area contributed by atoms with Gasteiger partial charge in [0.15, 0.2) is 0 Å². The topological polar surface area (TPSA) is 87.3 Å². The minimum atomic E-state index is -0.881. The van der Waals surface area contributed by atoms with E-state index < -0.39 is 11.6 Å². The van der Waals surface area contributed by atoms with Crippen molar-refractivity contribution < 1.29 is 14.4 Å². The molecule has 3 N–H and O–H groups in total. The van der Waals surface area contributed by atoms with Crippen molar-refractivity contribution in [3.05, 3.63) is 34.3 Å². The van der Waals surface area contributed by atoms with E-state index in [0.29, 0.717) is 23.6 Å². The van der Waals surface area contributed by atoms with Gasteiger partial charge >= 0.3 is 6.03 Å². The molecule has 0 unspecified atom stereocenters. The summed E-state index contributed by atoms with van der Waals surface area (Å²) in [5.41, 5.74) is 0.359. The molecule has 1 heterocycles. The van der Waals surface area contributed by atoms with Crippen LogP contribution in [0, 0.1) is 12.8 Å². The van der Waals surface area contributed by atoms with Crippen LogP contribution in [0.15, 0.2) is 18.2 Å². The highest BCUT2D eigenvalue weighted by Crippen LogP contribution is 2.37. The van der Waals surface area contributed by atoms with Crippen molar-refractivity contribution in [1.82, 2.24) is 16.0 Å². The highest BCUT2D eigenvalue weighted by Gasteiger charge is 2.54. The molecule has 1 aliphatic carbocycles. The summed E-state index contributed by atoms with van der Waals surface area (Å²) in [6.45, 7) is 2.12. The molecule has 7 heteroatoms. The maximum atomic E-state index is 12.4. The Morgan fingerprint density at radius 2 is 2.22 bits per heavy atom. The first kappa shape index (κ1) is 15.8. The zero-order chi connectivity index (χ0) is 16.6. The zero-order valence-electron chi connectivity index (χ0n) is 12.7. The molecule has 4 amide bonds. The molecule has 2 atom stereocenters. The molecule has 1 spiro atoms. The Kier molecular flexibility index (Phi) is 4.02. The third kappa shape index (κ3) is 2.67. The highest BCUT2D eigenvalue weighted by atomic mass is 35.5. The molecule has 6 nitrogen and oxygen atoms in total. The Morgan fingerprint density at radius 3 is 2.91 bits per heavy atom. The SMILES string of the molecule is Cc1c(Cl)cccc1C(=O)NC[C@@H]1CCC[C@@]12NC(=O)NC2=O. The number of halogens is 1. The van der Waals surface area contributed by atoms with Gasteiger partial charge in [-0.1, -0.05) is 24.1 Å². The van der Waals surface area contributed by atoms with Gasteiger partial charge in [0.2, 0.25) is 0 Å². The number of hydrogen-bond acceptors (Lipinski definition) is 3.